The number of benzene rings is 1. The van der Waals surface area contributed by atoms with Gasteiger partial charge in [-0.15, -0.1) is 0 Å². The maximum Gasteiger partial charge on any atom is 0.408 e. The fourth-order valence-electron chi connectivity index (χ4n) is 4.20. The van der Waals surface area contributed by atoms with Crippen molar-refractivity contribution in [2.75, 3.05) is 6.54 Å². The van der Waals surface area contributed by atoms with Crippen LogP contribution in [0.3, 0.4) is 0 Å². The van der Waals surface area contributed by atoms with Gasteiger partial charge >= 0.3 is 6.09 Å². The minimum atomic E-state index is -1.09. The van der Waals surface area contributed by atoms with Crippen molar-refractivity contribution in [2.24, 2.45) is 5.73 Å². The Morgan fingerprint density at radius 3 is 2.16 bits per heavy atom. The fourth-order valence-corrected chi connectivity index (χ4v) is 4.20. The number of amides is 4. The Kier molecular flexibility index (Phi) is 14.5. The number of nitrogens with zero attached hydrogens (tertiary/aromatic N) is 1. The van der Waals surface area contributed by atoms with Crippen LogP contribution in [0.15, 0.2) is 30.3 Å². The predicted octanol–water partition coefficient (Wildman–Crippen LogP) is 4.60. The van der Waals surface area contributed by atoms with Crippen molar-refractivity contribution in [3.05, 3.63) is 35.9 Å². The number of nitrogens with two attached hydrogens (primary N) is 1. The van der Waals surface area contributed by atoms with Crippen molar-refractivity contribution < 1.29 is 23.9 Å². The van der Waals surface area contributed by atoms with Gasteiger partial charge in [-0.3, -0.25) is 14.4 Å². The summed E-state index contributed by atoms with van der Waals surface area (Å²) in [6.45, 7) is 11.6. The van der Waals surface area contributed by atoms with E-state index in [9.17, 15) is 19.2 Å². The van der Waals surface area contributed by atoms with Crippen LogP contribution >= 0.6 is 0 Å². The van der Waals surface area contributed by atoms with Crippen LogP contribution in [0.25, 0.3) is 0 Å². The third-order valence-electron chi connectivity index (χ3n) is 5.99. The standard InChI is InChI=1S/C29H48N4O5/c1-7-9-10-14-20-33(25(22-16-12-11-13-17-22)26(35)31-21(3)15-8-2)27(36)23(18-19-24(30)34)32-28(37)38-29(4,5)6/h11-13,16-17,21,23,25H,7-10,14-15,18-20H2,1-6H3,(H2,30,34)(H,31,35)(H,32,37). The van der Waals surface area contributed by atoms with Crippen LogP contribution in [0.5, 0.6) is 0 Å². The van der Waals surface area contributed by atoms with E-state index in [4.69, 9.17) is 10.5 Å². The lowest BCUT2D eigenvalue weighted by molar-refractivity contribution is -0.143. The number of ether oxygens (including phenoxy) is 1. The smallest absolute Gasteiger partial charge is 0.408 e. The van der Waals surface area contributed by atoms with Crippen LogP contribution in [-0.2, 0) is 19.1 Å². The maximum absolute atomic E-state index is 14.1. The Morgan fingerprint density at radius 2 is 1.61 bits per heavy atom. The van der Waals surface area contributed by atoms with Gasteiger partial charge in [0, 0.05) is 19.0 Å². The van der Waals surface area contributed by atoms with Gasteiger partial charge in [-0.2, -0.15) is 0 Å². The molecule has 3 atom stereocenters. The molecule has 0 radical (unpaired) electrons. The average Bonchev–Trinajstić information content (AvgIpc) is 2.82. The number of alkyl carbamates (subject to hydrolysis) is 1. The summed E-state index contributed by atoms with van der Waals surface area (Å²) in [7, 11) is 0. The number of nitrogens with one attached hydrogen (secondary N) is 2. The zero-order chi connectivity index (χ0) is 28.7. The molecule has 0 heterocycles. The molecule has 0 bridgehead atoms. The molecule has 0 aliphatic heterocycles. The predicted molar refractivity (Wildman–Crippen MR) is 149 cm³/mol. The topological polar surface area (TPSA) is 131 Å². The van der Waals surface area contributed by atoms with Crippen molar-refractivity contribution in [3.8, 4) is 0 Å². The summed E-state index contributed by atoms with van der Waals surface area (Å²) in [5, 5.41) is 5.68. The third kappa shape index (κ3) is 12.4. The number of hydrogen-bond acceptors (Lipinski definition) is 5. The number of carbonyl (C=O) groups excluding carboxylic acids is 4. The van der Waals surface area contributed by atoms with Gasteiger partial charge < -0.3 is 26.0 Å². The van der Waals surface area contributed by atoms with E-state index in [1.807, 2.05) is 44.2 Å². The molecule has 1 aromatic rings. The monoisotopic (exact) mass is 532 g/mol. The Bertz CT molecular complexity index is 885. The van der Waals surface area contributed by atoms with Gasteiger partial charge in [0.15, 0.2) is 0 Å². The molecule has 0 aliphatic carbocycles. The number of rotatable bonds is 16. The van der Waals surface area contributed by atoms with Gasteiger partial charge in [0.05, 0.1) is 0 Å². The second kappa shape index (κ2) is 16.7. The van der Waals surface area contributed by atoms with Gasteiger partial charge in [-0.05, 0) is 52.5 Å². The first-order valence-electron chi connectivity index (χ1n) is 13.8. The number of carbonyl (C=O) groups is 4. The van der Waals surface area contributed by atoms with Crippen molar-refractivity contribution in [1.82, 2.24) is 15.5 Å². The normalized spacial score (nSPS) is 13.6. The average molecular weight is 533 g/mol. The van der Waals surface area contributed by atoms with E-state index in [1.165, 1.54) is 4.90 Å². The highest BCUT2D eigenvalue weighted by Crippen LogP contribution is 2.25. The van der Waals surface area contributed by atoms with Crippen molar-refractivity contribution in [1.29, 1.82) is 0 Å². The minimum Gasteiger partial charge on any atom is -0.444 e. The second-order valence-electron chi connectivity index (χ2n) is 10.8. The van der Waals surface area contributed by atoms with Gasteiger partial charge in [-0.25, -0.2) is 4.79 Å². The van der Waals surface area contributed by atoms with E-state index in [0.717, 1.165) is 32.1 Å². The number of primary amides is 1. The molecule has 0 spiro atoms. The zero-order valence-electron chi connectivity index (χ0n) is 24.0. The second-order valence-corrected chi connectivity index (χ2v) is 10.8. The zero-order valence-corrected chi connectivity index (χ0v) is 24.0. The lowest BCUT2D eigenvalue weighted by atomic mass is 10.00. The first-order chi connectivity index (χ1) is 17.9. The molecular formula is C29H48N4O5. The minimum absolute atomic E-state index is 0.00572. The Hall–Kier alpha value is -3.10. The molecule has 9 nitrogen and oxygen atoms in total. The summed E-state index contributed by atoms with van der Waals surface area (Å²) in [4.78, 5) is 53.5. The van der Waals surface area contributed by atoms with E-state index < -0.39 is 35.6 Å². The molecule has 3 unspecified atom stereocenters. The maximum atomic E-state index is 14.1. The quantitative estimate of drug-likeness (QED) is 0.268. The number of unbranched alkanes of at least 4 members (excludes halogenated alkanes) is 3. The van der Waals surface area contributed by atoms with Crippen LogP contribution in [-0.4, -0.2) is 52.9 Å². The molecule has 214 valence electrons. The van der Waals surface area contributed by atoms with Gasteiger partial charge in [0.25, 0.3) is 0 Å². The van der Waals surface area contributed by atoms with E-state index in [-0.39, 0.29) is 24.8 Å². The molecule has 1 rings (SSSR count). The third-order valence-corrected chi connectivity index (χ3v) is 5.99. The first-order valence-corrected chi connectivity index (χ1v) is 13.8. The van der Waals surface area contributed by atoms with Crippen LogP contribution in [0.2, 0.25) is 0 Å². The number of hydrogen-bond donors (Lipinski definition) is 3. The summed E-state index contributed by atoms with van der Waals surface area (Å²) >= 11 is 0. The highest BCUT2D eigenvalue weighted by Gasteiger charge is 2.36. The molecule has 38 heavy (non-hydrogen) atoms. The molecule has 9 heteroatoms. The lowest BCUT2D eigenvalue weighted by Gasteiger charge is -2.35. The van der Waals surface area contributed by atoms with Crippen LogP contribution in [0, 0.1) is 0 Å². The van der Waals surface area contributed by atoms with Gasteiger partial charge in [0.2, 0.25) is 17.7 Å². The van der Waals surface area contributed by atoms with Crippen LogP contribution < -0.4 is 16.4 Å². The summed E-state index contributed by atoms with van der Waals surface area (Å²) in [6.07, 6.45) is 4.43. The molecule has 4 amide bonds. The molecule has 0 aromatic heterocycles. The molecular weight excluding hydrogens is 484 g/mol. The summed E-state index contributed by atoms with van der Waals surface area (Å²) < 4.78 is 5.37. The van der Waals surface area contributed by atoms with Gasteiger partial charge in [0.1, 0.15) is 17.7 Å². The highest BCUT2D eigenvalue weighted by atomic mass is 16.6. The molecule has 0 aliphatic rings. The summed E-state index contributed by atoms with van der Waals surface area (Å²) in [6, 6.07) is 7.09. The van der Waals surface area contributed by atoms with E-state index >= 15 is 0 Å². The Balaban J connectivity index is 3.44. The van der Waals surface area contributed by atoms with Crippen molar-refractivity contribution in [3.63, 3.8) is 0 Å². The molecule has 4 N–H and O–H groups in total. The first kappa shape index (κ1) is 32.9. The van der Waals surface area contributed by atoms with E-state index in [2.05, 4.69) is 17.6 Å². The Morgan fingerprint density at radius 1 is 0.947 bits per heavy atom. The lowest BCUT2D eigenvalue weighted by Crippen LogP contribution is -2.54. The highest BCUT2D eigenvalue weighted by molar-refractivity contribution is 5.92. The van der Waals surface area contributed by atoms with E-state index in [1.54, 1.807) is 20.8 Å². The Labute approximate surface area is 228 Å². The fraction of sp³-hybridized carbons (Fsp3) is 0.655. The summed E-state index contributed by atoms with van der Waals surface area (Å²) in [5.74, 6) is -1.33. The SMILES string of the molecule is CCCCCCN(C(=O)C(CCC(N)=O)NC(=O)OC(C)(C)C)C(C(=O)NC(C)CCC)c1ccccc1. The van der Waals surface area contributed by atoms with E-state index in [0.29, 0.717) is 18.5 Å². The largest absolute Gasteiger partial charge is 0.444 e. The van der Waals surface area contributed by atoms with Crippen LogP contribution in [0.1, 0.15) is 105 Å². The molecule has 0 saturated carbocycles. The molecule has 1 aromatic carbocycles. The molecule has 0 fully saturated rings. The van der Waals surface area contributed by atoms with Crippen molar-refractivity contribution in [2.45, 2.75) is 117 Å². The molecule has 0 saturated heterocycles. The van der Waals surface area contributed by atoms with Crippen LogP contribution in [0.4, 0.5) is 4.79 Å². The van der Waals surface area contributed by atoms with Gasteiger partial charge in [-0.1, -0.05) is 69.9 Å². The van der Waals surface area contributed by atoms with Crippen molar-refractivity contribution >= 4 is 23.8 Å². The summed E-state index contributed by atoms with van der Waals surface area (Å²) in [5.41, 5.74) is 5.27.